The van der Waals surface area contributed by atoms with Gasteiger partial charge in [-0.15, -0.1) is 6.58 Å². The highest BCUT2D eigenvalue weighted by molar-refractivity contribution is 6.32. The molecule has 90 valence electrons. The molecule has 0 spiro atoms. The fourth-order valence-corrected chi connectivity index (χ4v) is 1.37. The number of carbonyl (C=O) groups excluding carboxylic acids is 1. The minimum atomic E-state index is -0.622. The van der Waals surface area contributed by atoms with E-state index < -0.39 is 4.92 Å². The highest BCUT2D eigenvalue weighted by atomic mass is 35.5. The maximum atomic E-state index is 11.6. The molecule has 0 aromatic heterocycles. The second-order valence-corrected chi connectivity index (χ2v) is 3.66. The Labute approximate surface area is 103 Å². The molecule has 5 nitrogen and oxygen atoms in total. The second-order valence-electron chi connectivity index (χ2n) is 3.26. The number of benzene rings is 1. The van der Waals surface area contributed by atoms with Crippen molar-refractivity contribution in [2.75, 3.05) is 6.54 Å². The summed E-state index contributed by atoms with van der Waals surface area (Å²) >= 11 is 5.64. The molecule has 1 rings (SSSR count). The van der Waals surface area contributed by atoms with Crippen LogP contribution < -0.4 is 5.32 Å². The average Bonchev–Trinajstić information content (AvgIpc) is 2.29. The highest BCUT2D eigenvalue weighted by Crippen LogP contribution is 2.24. The molecular formula is C11H11ClN2O3. The van der Waals surface area contributed by atoms with Crippen LogP contribution in [0.15, 0.2) is 30.9 Å². The number of nitro benzene ring substituents is 1. The number of carbonyl (C=O) groups is 1. The predicted octanol–water partition coefficient (Wildman–Crippen LogP) is 2.55. The molecule has 1 aromatic carbocycles. The van der Waals surface area contributed by atoms with Crippen molar-refractivity contribution < 1.29 is 9.72 Å². The van der Waals surface area contributed by atoms with Gasteiger partial charge >= 0.3 is 0 Å². The number of hydrogen-bond donors (Lipinski definition) is 1. The first-order valence-corrected chi connectivity index (χ1v) is 5.27. The quantitative estimate of drug-likeness (QED) is 0.380. The molecule has 1 aromatic rings. The molecule has 0 bridgehead atoms. The zero-order chi connectivity index (χ0) is 12.8. The molecule has 0 saturated carbocycles. The van der Waals surface area contributed by atoms with Crippen LogP contribution in [-0.4, -0.2) is 17.4 Å². The Hall–Kier alpha value is -1.88. The summed E-state index contributed by atoms with van der Waals surface area (Å²) in [4.78, 5) is 21.6. The van der Waals surface area contributed by atoms with Crippen molar-refractivity contribution >= 4 is 23.2 Å². The molecule has 0 saturated heterocycles. The van der Waals surface area contributed by atoms with Crippen LogP contribution in [0.5, 0.6) is 0 Å². The zero-order valence-corrected chi connectivity index (χ0v) is 9.74. The minimum Gasteiger partial charge on any atom is -0.352 e. The topological polar surface area (TPSA) is 72.2 Å². The maximum absolute atomic E-state index is 11.6. The minimum absolute atomic E-state index is 0.0117. The van der Waals surface area contributed by atoms with E-state index in [0.717, 1.165) is 6.07 Å². The molecule has 0 aliphatic rings. The number of nitrogens with zero attached hydrogens (tertiary/aromatic N) is 1. The van der Waals surface area contributed by atoms with Crippen molar-refractivity contribution in [2.45, 2.75) is 6.42 Å². The number of nitro groups is 1. The molecule has 17 heavy (non-hydrogen) atoms. The van der Waals surface area contributed by atoms with E-state index in [1.165, 1.54) is 12.1 Å². The first-order valence-electron chi connectivity index (χ1n) is 4.89. The molecular weight excluding hydrogens is 244 g/mol. The number of hydrogen-bond acceptors (Lipinski definition) is 3. The van der Waals surface area contributed by atoms with Gasteiger partial charge in [-0.25, -0.2) is 0 Å². The summed E-state index contributed by atoms with van der Waals surface area (Å²) in [5.74, 6) is -0.369. The van der Waals surface area contributed by atoms with Crippen LogP contribution in [0.2, 0.25) is 5.02 Å². The summed E-state index contributed by atoms with van der Waals surface area (Å²) < 4.78 is 0. The fraction of sp³-hybridized carbons (Fsp3) is 0.182. The Balaban J connectivity index is 2.84. The molecule has 1 amide bonds. The molecule has 0 unspecified atom stereocenters. The largest absolute Gasteiger partial charge is 0.352 e. The van der Waals surface area contributed by atoms with Crippen LogP contribution in [0.25, 0.3) is 0 Å². The molecule has 0 fully saturated rings. The fourth-order valence-electron chi connectivity index (χ4n) is 1.18. The van der Waals surface area contributed by atoms with Gasteiger partial charge in [-0.2, -0.15) is 0 Å². The van der Waals surface area contributed by atoms with Crippen LogP contribution in [0, 0.1) is 10.1 Å². The molecule has 0 aliphatic carbocycles. The van der Waals surface area contributed by atoms with E-state index in [1.54, 1.807) is 6.08 Å². The third kappa shape index (κ3) is 3.57. The number of halogens is 1. The van der Waals surface area contributed by atoms with Gasteiger partial charge in [0.2, 0.25) is 0 Å². The van der Waals surface area contributed by atoms with Gasteiger partial charge in [0.1, 0.15) is 5.02 Å². The second kappa shape index (κ2) is 6.00. The molecule has 1 N–H and O–H groups in total. The van der Waals surface area contributed by atoms with Gasteiger partial charge in [0, 0.05) is 18.2 Å². The SMILES string of the molecule is C=CCCNC(=O)c1ccc(Cl)c([N+](=O)[O-])c1. The third-order valence-corrected chi connectivity index (χ3v) is 2.36. The average molecular weight is 255 g/mol. The van der Waals surface area contributed by atoms with Crippen molar-refractivity contribution in [1.29, 1.82) is 0 Å². The van der Waals surface area contributed by atoms with Gasteiger partial charge < -0.3 is 5.32 Å². The summed E-state index contributed by atoms with van der Waals surface area (Å²) in [5.41, 5.74) is -0.0619. The van der Waals surface area contributed by atoms with Gasteiger partial charge in [-0.1, -0.05) is 17.7 Å². The van der Waals surface area contributed by atoms with Gasteiger partial charge in [0.05, 0.1) is 4.92 Å². The molecule has 0 radical (unpaired) electrons. The molecule has 0 aliphatic heterocycles. The molecule has 6 heteroatoms. The zero-order valence-electron chi connectivity index (χ0n) is 8.98. The lowest BCUT2D eigenvalue weighted by molar-refractivity contribution is -0.384. The van der Waals surface area contributed by atoms with E-state index in [0.29, 0.717) is 13.0 Å². The Bertz CT molecular complexity index is 460. The van der Waals surface area contributed by atoms with E-state index in [1.807, 2.05) is 0 Å². The maximum Gasteiger partial charge on any atom is 0.288 e. The van der Waals surface area contributed by atoms with Gasteiger partial charge in [0.25, 0.3) is 11.6 Å². The van der Waals surface area contributed by atoms with Gasteiger partial charge in [-0.05, 0) is 18.6 Å². The van der Waals surface area contributed by atoms with Gasteiger partial charge in [0.15, 0.2) is 0 Å². The smallest absolute Gasteiger partial charge is 0.288 e. The van der Waals surface area contributed by atoms with Crippen LogP contribution in [0.4, 0.5) is 5.69 Å². The number of rotatable bonds is 5. The molecule has 0 atom stereocenters. The van der Waals surface area contributed by atoms with E-state index >= 15 is 0 Å². The summed E-state index contributed by atoms with van der Waals surface area (Å²) in [5, 5.41) is 13.3. The standard InChI is InChI=1S/C11H11ClN2O3/c1-2-3-6-13-11(15)8-4-5-9(12)10(7-8)14(16)17/h2,4-5,7H,1,3,6H2,(H,13,15). The number of amides is 1. The van der Waals surface area contributed by atoms with Crippen molar-refractivity contribution in [2.24, 2.45) is 0 Å². The van der Waals surface area contributed by atoms with E-state index in [4.69, 9.17) is 11.6 Å². The third-order valence-electron chi connectivity index (χ3n) is 2.04. The lowest BCUT2D eigenvalue weighted by Crippen LogP contribution is -2.24. The summed E-state index contributed by atoms with van der Waals surface area (Å²) in [7, 11) is 0. The molecule has 0 heterocycles. The predicted molar refractivity (Wildman–Crippen MR) is 65.3 cm³/mol. The van der Waals surface area contributed by atoms with E-state index in [2.05, 4.69) is 11.9 Å². The summed E-state index contributed by atoms with van der Waals surface area (Å²) in [6, 6.07) is 3.94. The van der Waals surface area contributed by atoms with Gasteiger partial charge in [-0.3, -0.25) is 14.9 Å². The van der Waals surface area contributed by atoms with E-state index in [-0.39, 0.29) is 22.2 Å². The first-order chi connectivity index (χ1) is 8.06. The summed E-state index contributed by atoms with van der Waals surface area (Å²) in [6.07, 6.45) is 2.31. The first kappa shape index (κ1) is 13.2. The van der Waals surface area contributed by atoms with Crippen molar-refractivity contribution in [3.05, 3.63) is 51.6 Å². The number of nitrogens with one attached hydrogen (secondary N) is 1. The van der Waals surface area contributed by atoms with Crippen molar-refractivity contribution in [1.82, 2.24) is 5.32 Å². The Morgan fingerprint density at radius 3 is 2.88 bits per heavy atom. The van der Waals surface area contributed by atoms with Crippen molar-refractivity contribution in [3.8, 4) is 0 Å². The monoisotopic (exact) mass is 254 g/mol. The van der Waals surface area contributed by atoms with Crippen LogP contribution in [-0.2, 0) is 0 Å². The van der Waals surface area contributed by atoms with Crippen LogP contribution in [0.3, 0.4) is 0 Å². The Morgan fingerprint density at radius 2 is 2.29 bits per heavy atom. The normalized spacial score (nSPS) is 9.71. The van der Waals surface area contributed by atoms with E-state index in [9.17, 15) is 14.9 Å². The summed E-state index contributed by atoms with van der Waals surface area (Å²) in [6.45, 7) is 3.96. The Kier molecular flexibility index (Phi) is 4.66. The van der Waals surface area contributed by atoms with Crippen LogP contribution >= 0.6 is 11.6 Å². The lowest BCUT2D eigenvalue weighted by Gasteiger charge is -2.03. The van der Waals surface area contributed by atoms with Crippen LogP contribution in [0.1, 0.15) is 16.8 Å². The Morgan fingerprint density at radius 1 is 1.59 bits per heavy atom. The highest BCUT2D eigenvalue weighted by Gasteiger charge is 2.15. The van der Waals surface area contributed by atoms with Crippen molar-refractivity contribution in [3.63, 3.8) is 0 Å². The lowest BCUT2D eigenvalue weighted by atomic mass is 10.2.